The number of benzene rings is 1. The van der Waals surface area contributed by atoms with Gasteiger partial charge >= 0.3 is 0 Å². The molecule has 1 unspecified atom stereocenters. The van der Waals surface area contributed by atoms with E-state index < -0.39 is 0 Å². The summed E-state index contributed by atoms with van der Waals surface area (Å²) in [5, 5.41) is 6.41. The van der Waals surface area contributed by atoms with Crippen LogP contribution >= 0.6 is 0 Å². The average Bonchev–Trinajstić information content (AvgIpc) is 2.30. The summed E-state index contributed by atoms with van der Waals surface area (Å²) in [6.07, 6.45) is 0.631. The van der Waals surface area contributed by atoms with E-state index in [2.05, 4.69) is 43.5 Å². The van der Waals surface area contributed by atoms with E-state index in [4.69, 9.17) is 0 Å². The van der Waals surface area contributed by atoms with Crippen molar-refractivity contribution in [3.8, 4) is 0 Å². The lowest BCUT2D eigenvalue weighted by Crippen LogP contribution is -2.45. The van der Waals surface area contributed by atoms with Crippen LogP contribution in [0.4, 0.5) is 0 Å². The highest BCUT2D eigenvalue weighted by molar-refractivity contribution is 5.77. The Hall–Kier alpha value is -1.35. The first kappa shape index (κ1) is 14.1. The maximum absolute atomic E-state index is 12.1. The molecule has 2 rings (SSSR count). The molecule has 3 nitrogen and oxygen atoms in total. The van der Waals surface area contributed by atoms with Crippen molar-refractivity contribution in [2.75, 3.05) is 13.1 Å². The van der Waals surface area contributed by atoms with Gasteiger partial charge in [-0.3, -0.25) is 4.79 Å². The fourth-order valence-electron chi connectivity index (χ4n) is 2.42. The molecule has 2 N–H and O–H groups in total. The molecule has 0 radical (unpaired) electrons. The van der Waals surface area contributed by atoms with Gasteiger partial charge in [-0.25, -0.2) is 0 Å². The molecule has 3 heteroatoms. The molecule has 1 aliphatic heterocycles. The molecule has 104 valence electrons. The summed E-state index contributed by atoms with van der Waals surface area (Å²) in [6.45, 7) is 8.43. The molecule has 0 spiro atoms. The summed E-state index contributed by atoms with van der Waals surface area (Å²) in [4.78, 5) is 12.1. The van der Waals surface area contributed by atoms with Crippen molar-refractivity contribution in [2.45, 2.75) is 33.2 Å². The highest BCUT2D eigenvalue weighted by atomic mass is 16.1. The summed E-state index contributed by atoms with van der Waals surface area (Å²) in [7, 11) is 0. The van der Waals surface area contributed by atoms with Gasteiger partial charge in [0.2, 0.25) is 5.91 Å². The molecule has 1 atom stereocenters. The lowest BCUT2D eigenvalue weighted by molar-refractivity contribution is -0.123. The largest absolute Gasteiger partial charge is 0.349 e. The second-order valence-electron chi connectivity index (χ2n) is 6.51. The Morgan fingerprint density at radius 1 is 1.32 bits per heavy atom. The van der Waals surface area contributed by atoms with E-state index in [1.165, 1.54) is 5.56 Å². The van der Waals surface area contributed by atoms with Gasteiger partial charge in [-0.05, 0) is 30.0 Å². The predicted molar refractivity (Wildman–Crippen MR) is 77.8 cm³/mol. The monoisotopic (exact) mass is 260 g/mol. The highest BCUT2D eigenvalue weighted by Crippen LogP contribution is 2.32. The molecular weight excluding hydrogens is 236 g/mol. The van der Waals surface area contributed by atoms with Crippen molar-refractivity contribution in [2.24, 2.45) is 11.3 Å². The number of nitrogens with one attached hydrogen (secondary N) is 2. The van der Waals surface area contributed by atoms with Gasteiger partial charge in [0.15, 0.2) is 0 Å². The van der Waals surface area contributed by atoms with Crippen LogP contribution in [0.1, 0.15) is 38.8 Å². The van der Waals surface area contributed by atoms with E-state index in [0.29, 0.717) is 12.3 Å². The maximum Gasteiger partial charge on any atom is 0.220 e. The third-order valence-electron chi connectivity index (χ3n) is 3.64. The Labute approximate surface area is 115 Å². The van der Waals surface area contributed by atoms with Gasteiger partial charge in [-0.1, -0.05) is 51.1 Å². The van der Waals surface area contributed by atoms with E-state index in [1.807, 2.05) is 18.2 Å². The quantitative estimate of drug-likeness (QED) is 0.873. The van der Waals surface area contributed by atoms with Crippen molar-refractivity contribution in [1.82, 2.24) is 10.6 Å². The number of rotatable bonds is 4. The topological polar surface area (TPSA) is 41.1 Å². The summed E-state index contributed by atoms with van der Waals surface area (Å²) in [5.74, 6) is 0.673. The Morgan fingerprint density at radius 2 is 1.95 bits per heavy atom. The molecule has 1 aliphatic rings. The SMILES string of the molecule is CC(C)(C)C(NC(=O)CC1CNC1)c1ccccc1. The molecule has 1 aromatic rings. The lowest BCUT2D eigenvalue weighted by atomic mass is 9.82. The lowest BCUT2D eigenvalue weighted by Gasteiger charge is -2.33. The van der Waals surface area contributed by atoms with Gasteiger partial charge in [0.25, 0.3) is 0 Å². The fourth-order valence-corrected chi connectivity index (χ4v) is 2.42. The van der Waals surface area contributed by atoms with Crippen LogP contribution in [0.2, 0.25) is 0 Å². The van der Waals surface area contributed by atoms with E-state index in [0.717, 1.165) is 13.1 Å². The van der Waals surface area contributed by atoms with Gasteiger partial charge in [-0.2, -0.15) is 0 Å². The second kappa shape index (κ2) is 5.74. The molecule has 1 amide bonds. The molecule has 0 saturated carbocycles. The molecule has 0 bridgehead atoms. The molecule has 0 aliphatic carbocycles. The number of hydrogen-bond donors (Lipinski definition) is 2. The van der Waals surface area contributed by atoms with Gasteiger partial charge in [0, 0.05) is 6.42 Å². The molecular formula is C16H24N2O. The zero-order valence-corrected chi connectivity index (χ0v) is 12.1. The zero-order chi connectivity index (χ0) is 13.9. The van der Waals surface area contributed by atoms with Crippen LogP contribution in [0.15, 0.2) is 30.3 Å². The Morgan fingerprint density at radius 3 is 2.42 bits per heavy atom. The second-order valence-corrected chi connectivity index (χ2v) is 6.51. The van der Waals surface area contributed by atoms with Crippen molar-refractivity contribution < 1.29 is 4.79 Å². The summed E-state index contributed by atoms with van der Waals surface area (Å²) < 4.78 is 0. The third kappa shape index (κ3) is 3.80. The van der Waals surface area contributed by atoms with Crippen molar-refractivity contribution in [3.05, 3.63) is 35.9 Å². The first-order chi connectivity index (χ1) is 8.97. The fraction of sp³-hybridized carbons (Fsp3) is 0.562. The van der Waals surface area contributed by atoms with Crippen LogP contribution in [0.5, 0.6) is 0 Å². The van der Waals surface area contributed by atoms with E-state index in [-0.39, 0.29) is 17.4 Å². The van der Waals surface area contributed by atoms with Crippen molar-refractivity contribution in [1.29, 1.82) is 0 Å². The number of carbonyl (C=O) groups excluding carboxylic acids is 1. The first-order valence-corrected chi connectivity index (χ1v) is 7.02. The molecule has 1 fully saturated rings. The van der Waals surface area contributed by atoms with E-state index >= 15 is 0 Å². The zero-order valence-electron chi connectivity index (χ0n) is 12.1. The maximum atomic E-state index is 12.1. The minimum Gasteiger partial charge on any atom is -0.349 e. The van der Waals surface area contributed by atoms with Gasteiger partial charge < -0.3 is 10.6 Å². The van der Waals surface area contributed by atoms with E-state index in [9.17, 15) is 4.79 Å². The first-order valence-electron chi connectivity index (χ1n) is 7.02. The summed E-state index contributed by atoms with van der Waals surface area (Å²) in [6, 6.07) is 10.3. The Kier molecular flexibility index (Phi) is 4.25. The van der Waals surface area contributed by atoms with Gasteiger partial charge in [-0.15, -0.1) is 0 Å². The minimum atomic E-state index is 0.00881. The van der Waals surface area contributed by atoms with Gasteiger partial charge in [0.05, 0.1) is 6.04 Å². The Bertz CT molecular complexity index is 418. The van der Waals surface area contributed by atoms with Crippen LogP contribution < -0.4 is 10.6 Å². The molecule has 1 heterocycles. The molecule has 1 saturated heterocycles. The predicted octanol–water partition coefficient (Wildman–Crippen LogP) is 2.50. The van der Waals surface area contributed by atoms with Crippen molar-refractivity contribution in [3.63, 3.8) is 0 Å². The number of hydrogen-bond acceptors (Lipinski definition) is 2. The van der Waals surface area contributed by atoms with Crippen LogP contribution in [-0.4, -0.2) is 19.0 Å². The number of carbonyl (C=O) groups is 1. The molecule has 1 aromatic carbocycles. The average molecular weight is 260 g/mol. The number of amides is 1. The molecule has 0 aromatic heterocycles. The van der Waals surface area contributed by atoms with Crippen LogP contribution in [0, 0.1) is 11.3 Å². The van der Waals surface area contributed by atoms with Crippen LogP contribution in [0.3, 0.4) is 0 Å². The molecule has 19 heavy (non-hydrogen) atoms. The van der Waals surface area contributed by atoms with E-state index in [1.54, 1.807) is 0 Å². The minimum absolute atomic E-state index is 0.00881. The smallest absolute Gasteiger partial charge is 0.220 e. The standard InChI is InChI=1S/C16H24N2O/c1-16(2,3)15(13-7-5-4-6-8-13)18-14(19)9-12-10-17-11-12/h4-8,12,15,17H,9-11H2,1-3H3,(H,18,19). The van der Waals surface area contributed by atoms with Crippen molar-refractivity contribution >= 4 is 5.91 Å². The van der Waals surface area contributed by atoms with Gasteiger partial charge in [0.1, 0.15) is 0 Å². The van der Waals surface area contributed by atoms with Crippen LogP contribution in [-0.2, 0) is 4.79 Å². The van der Waals surface area contributed by atoms with Crippen LogP contribution in [0.25, 0.3) is 0 Å². The summed E-state index contributed by atoms with van der Waals surface area (Å²) in [5.41, 5.74) is 1.18. The Balaban J connectivity index is 2.04. The third-order valence-corrected chi connectivity index (χ3v) is 3.64. The summed E-state index contributed by atoms with van der Waals surface area (Å²) >= 11 is 0. The normalized spacial score (nSPS) is 17.6. The highest BCUT2D eigenvalue weighted by Gasteiger charge is 2.29.